The van der Waals surface area contributed by atoms with E-state index in [4.69, 9.17) is 0 Å². The molecule has 0 saturated heterocycles. The zero-order valence-electron chi connectivity index (χ0n) is 14.2. The summed E-state index contributed by atoms with van der Waals surface area (Å²) >= 11 is 0. The van der Waals surface area contributed by atoms with Crippen LogP contribution >= 0.6 is 0 Å². The van der Waals surface area contributed by atoms with Crippen molar-refractivity contribution >= 4 is 17.8 Å². The second-order valence-corrected chi connectivity index (χ2v) is 6.24. The standard InChI is InChI=1S/C20H19NO4/c1-3-13-5-7-14(8-6-13)17(11-18(22)23)21-19(24)15-9-4-12(2)10-16(15)20(21)25/h4-10,17H,3,11H2,1-2H3,(H,22,23). The fourth-order valence-corrected chi connectivity index (χ4v) is 3.16. The first-order chi connectivity index (χ1) is 11.9. The molecule has 25 heavy (non-hydrogen) atoms. The number of amides is 2. The first kappa shape index (κ1) is 16.9. The zero-order valence-corrected chi connectivity index (χ0v) is 14.2. The quantitative estimate of drug-likeness (QED) is 0.849. The van der Waals surface area contributed by atoms with E-state index < -0.39 is 23.8 Å². The third-order valence-corrected chi connectivity index (χ3v) is 4.53. The fourth-order valence-electron chi connectivity index (χ4n) is 3.16. The third-order valence-electron chi connectivity index (χ3n) is 4.53. The number of carbonyl (C=O) groups is 3. The number of fused-ring (bicyclic) bond motifs is 1. The Morgan fingerprint density at radius 3 is 2.28 bits per heavy atom. The highest BCUT2D eigenvalue weighted by molar-refractivity contribution is 6.21. The lowest BCUT2D eigenvalue weighted by Gasteiger charge is -2.25. The summed E-state index contributed by atoms with van der Waals surface area (Å²) in [5, 5.41) is 9.29. The summed E-state index contributed by atoms with van der Waals surface area (Å²) in [6.07, 6.45) is 0.534. The minimum atomic E-state index is -1.06. The topological polar surface area (TPSA) is 74.7 Å². The molecule has 5 heteroatoms. The molecule has 0 radical (unpaired) electrons. The van der Waals surface area contributed by atoms with Crippen molar-refractivity contribution in [1.29, 1.82) is 0 Å². The van der Waals surface area contributed by atoms with Gasteiger partial charge in [-0.25, -0.2) is 0 Å². The molecule has 0 spiro atoms. The maximum atomic E-state index is 12.8. The molecule has 0 fully saturated rings. The van der Waals surface area contributed by atoms with Crippen LogP contribution in [-0.2, 0) is 11.2 Å². The molecule has 0 saturated carbocycles. The number of aryl methyl sites for hydroxylation is 2. The van der Waals surface area contributed by atoms with Gasteiger partial charge in [0.05, 0.1) is 23.6 Å². The van der Waals surface area contributed by atoms with Crippen molar-refractivity contribution in [3.8, 4) is 0 Å². The lowest BCUT2D eigenvalue weighted by molar-refractivity contribution is -0.138. The summed E-state index contributed by atoms with van der Waals surface area (Å²) in [7, 11) is 0. The summed E-state index contributed by atoms with van der Waals surface area (Å²) in [6, 6.07) is 11.6. The van der Waals surface area contributed by atoms with Crippen molar-refractivity contribution in [2.24, 2.45) is 0 Å². The van der Waals surface area contributed by atoms with Crippen molar-refractivity contribution in [3.05, 3.63) is 70.3 Å². The van der Waals surface area contributed by atoms with Gasteiger partial charge in [-0.15, -0.1) is 0 Å². The Kier molecular flexibility index (Phi) is 4.40. The van der Waals surface area contributed by atoms with Crippen LogP contribution in [0.15, 0.2) is 42.5 Å². The molecule has 1 N–H and O–H groups in total. The molecule has 1 aliphatic heterocycles. The Balaban J connectivity index is 2.03. The van der Waals surface area contributed by atoms with E-state index in [1.165, 1.54) is 0 Å². The maximum Gasteiger partial charge on any atom is 0.305 e. The highest BCUT2D eigenvalue weighted by atomic mass is 16.4. The van der Waals surface area contributed by atoms with E-state index in [-0.39, 0.29) is 6.42 Å². The molecule has 3 rings (SSSR count). The van der Waals surface area contributed by atoms with Crippen molar-refractivity contribution in [3.63, 3.8) is 0 Å². The summed E-state index contributed by atoms with van der Waals surface area (Å²) < 4.78 is 0. The van der Waals surface area contributed by atoms with Crippen LogP contribution in [0.3, 0.4) is 0 Å². The number of carboxylic acid groups (broad SMARTS) is 1. The van der Waals surface area contributed by atoms with E-state index in [0.717, 1.165) is 22.4 Å². The second-order valence-electron chi connectivity index (χ2n) is 6.24. The SMILES string of the molecule is CCc1ccc(C(CC(=O)O)N2C(=O)c3ccc(C)cc3C2=O)cc1. The Morgan fingerprint density at radius 1 is 1.04 bits per heavy atom. The Hall–Kier alpha value is -2.95. The average Bonchev–Trinajstić information content (AvgIpc) is 2.83. The van der Waals surface area contributed by atoms with Gasteiger partial charge in [0, 0.05) is 0 Å². The number of nitrogens with zero attached hydrogens (tertiary/aromatic N) is 1. The van der Waals surface area contributed by atoms with Crippen molar-refractivity contribution in [1.82, 2.24) is 4.90 Å². The van der Waals surface area contributed by atoms with E-state index in [0.29, 0.717) is 16.7 Å². The highest BCUT2D eigenvalue weighted by Gasteiger charge is 2.41. The first-order valence-corrected chi connectivity index (χ1v) is 8.21. The van der Waals surface area contributed by atoms with Crippen LogP contribution in [0.5, 0.6) is 0 Å². The lowest BCUT2D eigenvalue weighted by atomic mass is 10.00. The van der Waals surface area contributed by atoms with E-state index in [1.807, 2.05) is 26.0 Å². The Labute approximate surface area is 145 Å². The zero-order chi connectivity index (χ0) is 18.1. The maximum absolute atomic E-state index is 12.8. The molecule has 2 amide bonds. The molecule has 5 nitrogen and oxygen atoms in total. The molecular formula is C20H19NO4. The van der Waals surface area contributed by atoms with Gasteiger partial charge in [-0.2, -0.15) is 0 Å². The van der Waals surface area contributed by atoms with Gasteiger partial charge in [-0.3, -0.25) is 19.3 Å². The van der Waals surface area contributed by atoms with Gasteiger partial charge in [0.25, 0.3) is 11.8 Å². The van der Waals surface area contributed by atoms with E-state index in [2.05, 4.69) is 0 Å². The summed E-state index contributed by atoms with van der Waals surface area (Å²) in [4.78, 5) is 38.0. The summed E-state index contributed by atoms with van der Waals surface area (Å²) in [6.45, 7) is 3.87. The molecule has 0 aliphatic carbocycles. The molecular weight excluding hydrogens is 318 g/mol. The number of rotatable bonds is 5. The lowest BCUT2D eigenvalue weighted by Crippen LogP contribution is -2.35. The van der Waals surface area contributed by atoms with Crippen LogP contribution in [0, 0.1) is 6.92 Å². The summed E-state index contributed by atoms with van der Waals surface area (Å²) in [5.41, 5.74) is 3.30. The van der Waals surface area contributed by atoms with Crippen LogP contribution in [0.25, 0.3) is 0 Å². The molecule has 2 aromatic carbocycles. The number of carboxylic acids is 1. The molecule has 1 atom stereocenters. The van der Waals surface area contributed by atoms with E-state index >= 15 is 0 Å². The van der Waals surface area contributed by atoms with E-state index in [1.54, 1.807) is 30.3 Å². The van der Waals surface area contributed by atoms with Crippen LogP contribution in [0.2, 0.25) is 0 Å². The molecule has 2 aromatic rings. The number of benzene rings is 2. The predicted octanol–water partition coefficient (Wildman–Crippen LogP) is 3.37. The molecule has 0 aromatic heterocycles. The predicted molar refractivity (Wildman–Crippen MR) is 92.5 cm³/mol. The van der Waals surface area contributed by atoms with Crippen LogP contribution < -0.4 is 0 Å². The van der Waals surface area contributed by atoms with Gasteiger partial charge in [0.2, 0.25) is 0 Å². The Bertz CT molecular complexity index is 854. The van der Waals surface area contributed by atoms with Gasteiger partial charge < -0.3 is 5.11 Å². The molecule has 1 heterocycles. The van der Waals surface area contributed by atoms with Gasteiger partial charge in [-0.05, 0) is 36.6 Å². The van der Waals surface area contributed by atoms with Crippen molar-refractivity contribution in [2.45, 2.75) is 32.7 Å². The number of aliphatic carboxylic acids is 1. The second kappa shape index (κ2) is 6.51. The number of hydrogen-bond donors (Lipinski definition) is 1. The molecule has 1 aliphatic rings. The van der Waals surface area contributed by atoms with Crippen LogP contribution in [0.4, 0.5) is 0 Å². The highest BCUT2D eigenvalue weighted by Crippen LogP contribution is 2.34. The average molecular weight is 337 g/mol. The monoisotopic (exact) mass is 337 g/mol. The molecule has 128 valence electrons. The van der Waals surface area contributed by atoms with Crippen LogP contribution in [-0.4, -0.2) is 27.8 Å². The molecule has 0 bridgehead atoms. The van der Waals surface area contributed by atoms with Crippen molar-refractivity contribution < 1.29 is 19.5 Å². The van der Waals surface area contributed by atoms with Crippen molar-refractivity contribution in [2.75, 3.05) is 0 Å². The van der Waals surface area contributed by atoms with Gasteiger partial charge in [0.15, 0.2) is 0 Å². The van der Waals surface area contributed by atoms with E-state index in [9.17, 15) is 19.5 Å². The normalized spacial score (nSPS) is 14.6. The molecule has 1 unspecified atom stereocenters. The summed E-state index contributed by atoms with van der Waals surface area (Å²) in [5.74, 6) is -1.93. The van der Waals surface area contributed by atoms with Crippen LogP contribution in [0.1, 0.15) is 56.8 Å². The smallest absolute Gasteiger partial charge is 0.305 e. The van der Waals surface area contributed by atoms with Gasteiger partial charge in [0.1, 0.15) is 0 Å². The first-order valence-electron chi connectivity index (χ1n) is 8.21. The van der Waals surface area contributed by atoms with Gasteiger partial charge in [-0.1, -0.05) is 42.8 Å². The fraction of sp³-hybridized carbons (Fsp3) is 0.250. The minimum absolute atomic E-state index is 0.323. The number of hydrogen-bond acceptors (Lipinski definition) is 3. The third kappa shape index (κ3) is 3.05. The minimum Gasteiger partial charge on any atom is -0.481 e. The van der Waals surface area contributed by atoms with Gasteiger partial charge >= 0.3 is 5.97 Å². The number of imide groups is 1. The largest absolute Gasteiger partial charge is 0.481 e. The number of carbonyl (C=O) groups excluding carboxylic acids is 2. The Morgan fingerprint density at radius 2 is 1.68 bits per heavy atom.